The minimum absolute atomic E-state index is 0.134. The van der Waals surface area contributed by atoms with Crippen LogP contribution in [0, 0.1) is 5.92 Å². The number of nitrogens with zero attached hydrogens (tertiary/aromatic N) is 3. The SMILES string of the molecule is CC(N)c1nnc(N2CCC(C(N)=O)C2)o1. The Bertz CT molecular complexity index is 389. The summed E-state index contributed by atoms with van der Waals surface area (Å²) in [4.78, 5) is 12.9. The third-order valence-electron chi connectivity index (χ3n) is 2.68. The predicted octanol–water partition coefficient (Wildman–Crippen LogP) is -0.599. The van der Waals surface area contributed by atoms with Crippen LogP contribution in [0.5, 0.6) is 0 Å². The van der Waals surface area contributed by atoms with Gasteiger partial charge in [0.25, 0.3) is 0 Å². The van der Waals surface area contributed by atoms with E-state index >= 15 is 0 Å². The maximum Gasteiger partial charge on any atom is 0.318 e. The van der Waals surface area contributed by atoms with Gasteiger partial charge in [0.05, 0.1) is 12.0 Å². The third kappa shape index (κ3) is 1.99. The number of amides is 1. The molecule has 1 fully saturated rings. The normalized spacial score (nSPS) is 22.4. The Hall–Kier alpha value is -1.63. The van der Waals surface area contributed by atoms with Crippen molar-refractivity contribution in [3.8, 4) is 0 Å². The largest absolute Gasteiger partial charge is 0.406 e. The fourth-order valence-electron chi connectivity index (χ4n) is 1.70. The van der Waals surface area contributed by atoms with Crippen LogP contribution >= 0.6 is 0 Å². The van der Waals surface area contributed by atoms with Gasteiger partial charge in [-0.25, -0.2) is 0 Å². The first-order valence-electron chi connectivity index (χ1n) is 5.21. The molecule has 7 nitrogen and oxygen atoms in total. The van der Waals surface area contributed by atoms with E-state index in [4.69, 9.17) is 15.9 Å². The number of carbonyl (C=O) groups is 1. The number of nitrogens with two attached hydrogens (primary N) is 2. The van der Waals surface area contributed by atoms with E-state index in [1.165, 1.54) is 0 Å². The van der Waals surface area contributed by atoms with Crippen LogP contribution in [0.1, 0.15) is 25.3 Å². The molecule has 0 saturated carbocycles. The van der Waals surface area contributed by atoms with E-state index in [0.29, 0.717) is 25.0 Å². The average molecular weight is 225 g/mol. The number of primary amides is 1. The maximum atomic E-state index is 11.0. The number of hydrogen-bond acceptors (Lipinski definition) is 6. The molecule has 0 aliphatic carbocycles. The van der Waals surface area contributed by atoms with Crippen molar-refractivity contribution in [2.45, 2.75) is 19.4 Å². The molecule has 88 valence electrons. The molecular formula is C9H15N5O2. The molecule has 2 heterocycles. The maximum absolute atomic E-state index is 11.0. The Kier molecular flexibility index (Phi) is 2.78. The van der Waals surface area contributed by atoms with Crippen molar-refractivity contribution in [3.05, 3.63) is 5.89 Å². The lowest BCUT2D eigenvalue weighted by Crippen LogP contribution is -2.27. The molecule has 1 amide bonds. The molecule has 16 heavy (non-hydrogen) atoms. The third-order valence-corrected chi connectivity index (χ3v) is 2.68. The van der Waals surface area contributed by atoms with Gasteiger partial charge in [0.15, 0.2) is 0 Å². The van der Waals surface area contributed by atoms with Crippen molar-refractivity contribution in [3.63, 3.8) is 0 Å². The Morgan fingerprint density at radius 1 is 1.62 bits per heavy atom. The van der Waals surface area contributed by atoms with Crippen LogP contribution in [0.25, 0.3) is 0 Å². The highest BCUT2D eigenvalue weighted by atomic mass is 16.4. The van der Waals surface area contributed by atoms with Crippen LogP contribution in [0.4, 0.5) is 6.01 Å². The smallest absolute Gasteiger partial charge is 0.318 e. The van der Waals surface area contributed by atoms with Gasteiger partial charge in [0, 0.05) is 13.1 Å². The molecule has 1 saturated heterocycles. The number of aromatic nitrogens is 2. The van der Waals surface area contributed by atoms with Crippen LogP contribution in [-0.4, -0.2) is 29.2 Å². The summed E-state index contributed by atoms with van der Waals surface area (Å²) in [5.74, 6) is -0.0161. The summed E-state index contributed by atoms with van der Waals surface area (Å²) in [5, 5.41) is 7.72. The van der Waals surface area contributed by atoms with E-state index in [2.05, 4.69) is 10.2 Å². The molecular weight excluding hydrogens is 210 g/mol. The highest BCUT2D eigenvalue weighted by Gasteiger charge is 2.29. The minimum Gasteiger partial charge on any atom is -0.406 e. The first-order chi connectivity index (χ1) is 7.58. The van der Waals surface area contributed by atoms with Gasteiger partial charge in [-0.3, -0.25) is 4.79 Å². The fraction of sp³-hybridized carbons (Fsp3) is 0.667. The zero-order valence-corrected chi connectivity index (χ0v) is 9.09. The summed E-state index contributed by atoms with van der Waals surface area (Å²) < 4.78 is 5.38. The Balaban J connectivity index is 2.06. The van der Waals surface area contributed by atoms with Gasteiger partial charge in [-0.2, -0.15) is 0 Å². The van der Waals surface area contributed by atoms with Crippen LogP contribution in [0.3, 0.4) is 0 Å². The molecule has 0 bridgehead atoms. The van der Waals surface area contributed by atoms with E-state index in [9.17, 15) is 4.79 Å². The van der Waals surface area contributed by atoms with Crippen LogP contribution < -0.4 is 16.4 Å². The number of anilines is 1. The average Bonchev–Trinajstić information content (AvgIpc) is 2.86. The van der Waals surface area contributed by atoms with Gasteiger partial charge >= 0.3 is 6.01 Å². The molecule has 2 unspecified atom stereocenters. The zero-order valence-electron chi connectivity index (χ0n) is 9.09. The van der Waals surface area contributed by atoms with E-state index < -0.39 is 0 Å². The van der Waals surface area contributed by atoms with E-state index in [-0.39, 0.29) is 17.9 Å². The quantitative estimate of drug-likeness (QED) is 0.710. The lowest BCUT2D eigenvalue weighted by atomic mass is 10.1. The standard InChI is InChI=1S/C9H15N5O2/c1-5(10)8-12-13-9(16-8)14-3-2-6(4-14)7(11)15/h5-6H,2-4,10H2,1H3,(H2,11,15). The van der Waals surface area contributed by atoms with Gasteiger partial charge in [-0.15, -0.1) is 5.10 Å². The van der Waals surface area contributed by atoms with Crippen molar-refractivity contribution in [2.75, 3.05) is 18.0 Å². The van der Waals surface area contributed by atoms with E-state index in [0.717, 1.165) is 6.42 Å². The van der Waals surface area contributed by atoms with Crippen molar-refractivity contribution in [1.29, 1.82) is 0 Å². The Morgan fingerprint density at radius 2 is 2.38 bits per heavy atom. The Morgan fingerprint density at radius 3 is 2.88 bits per heavy atom. The highest BCUT2D eigenvalue weighted by Crippen LogP contribution is 2.23. The van der Waals surface area contributed by atoms with Gasteiger partial charge in [0.1, 0.15) is 0 Å². The summed E-state index contributed by atoms with van der Waals surface area (Å²) >= 11 is 0. The van der Waals surface area contributed by atoms with E-state index in [1.54, 1.807) is 6.92 Å². The second-order valence-corrected chi connectivity index (χ2v) is 4.05. The van der Waals surface area contributed by atoms with Gasteiger partial charge in [-0.05, 0) is 13.3 Å². The fourth-order valence-corrected chi connectivity index (χ4v) is 1.70. The van der Waals surface area contributed by atoms with Crippen LogP contribution in [0.2, 0.25) is 0 Å². The van der Waals surface area contributed by atoms with Crippen molar-refractivity contribution < 1.29 is 9.21 Å². The predicted molar refractivity (Wildman–Crippen MR) is 56.4 cm³/mol. The first kappa shape index (κ1) is 10.9. The van der Waals surface area contributed by atoms with Crippen molar-refractivity contribution in [2.24, 2.45) is 17.4 Å². The summed E-state index contributed by atoms with van der Waals surface area (Å²) in [6.07, 6.45) is 0.727. The van der Waals surface area contributed by atoms with Crippen molar-refractivity contribution in [1.82, 2.24) is 10.2 Å². The molecule has 2 atom stereocenters. The highest BCUT2D eigenvalue weighted by molar-refractivity contribution is 5.77. The summed E-state index contributed by atoms with van der Waals surface area (Å²) in [7, 11) is 0. The molecule has 1 aromatic heterocycles. The second-order valence-electron chi connectivity index (χ2n) is 4.05. The number of carbonyl (C=O) groups excluding carboxylic acids is 1. The Labute approximate surface area is 92.8 Å². The number of hydrogen-bond donors (Lipinski definition) is 2. The minimum atomic E-state index is -0.283. The monoisotopic (exact) mass is 225 g/mol. The molecule has 0 radical (unpaired) electrons. The molecule has 1 aromatic rings. The van der Waals surface area contributed by atoms with Crippen LogP contribution in [0.15, 0.2) is 4.42 Å². The number of rotatable bonds is 3. The molecule has 7 heteroatoms. The lowest BCUT2D eigenvalue weighted by molar-refractivity contribution is -0.121. The lowest BCUT2D eigenvalue weighted by Gasteiger charge is -2.11. The summed E-state index contributed by atoms with van der Waals surface area (Å²) in [5.41, 5.74) is 10.9. The molecule has 1 aliphatic rings. The first-order valence-corrected chi connectivity index (χ1v) is 5.21. The molecule has 0 spiro atoms. The molecule has 1 aliphatic heterocycles. The summed E-state index contributed by atoms with van der Waals surface area (Å²) in [6.45, 7) is 3.01. The molecule has 2 rings (SSSR count). The van der Waals surface area contributed by atoms with Gasteiger partial charge in [0.2, 0.25) is 11.8 Å². The van der Waals surface area contributed by atoms with Crippen LogP contribution in [-0.2, 0) is 4.79 Å². The molecule has 4 N–H and O–H groups in total. The van der Waals surface area contributed by atoms with E-state index in [1.807, 2.05) is 4.90 Å². The summed E-state index contributed by atoms with van der Waals surface area (Å²) in [6, 6.07) is 0.131. The van der Waals surface area contributed by atoms with Gasteiger partial charge in [-0.1, -0.05) is 5.10 Å². The zero-order chi connectivity index (χ0) is 11.7. The topological polar surface area (TPSA) is 111 Å². The van der Waals surface area contributed by atoms with Gasteiger partial charge < -0.3 is 20.8 Å². The van der Waals surface area contributed by atoms with Crippen molar-refractivity contribution >= 4 is 11.9 Å². The second kappa shape index (κ2) is 4.09. The molecule has 0 aromatic carbocycles.